The molecule has 2 heterocycles. The molecule has 0 radical (unpaired) electrons. The minimum absolute atomic E-state index is 0.224. The molecule has 7 heteroatoms. The second-order valence-corrected chi connectivity index (χ2v) is 11.5. The first kappa shape index (κ1) is 26.2. The number of hydrogen-bond acceptors (Lipinski definition) is 5. The molecular weight excluding hydrogens is 492 g/mol. The zero-order chi connectivity index (χ0) is 26.0. The van der Waals surface area contributed by atoms with E-state index in [1.54, 1.807) is 11.3 Å². The van der Waals surface area contributed by atoms with Crippen molar-refractivity contribution in [1.82, 2.24) is 9.55 Å². The van der Waals surface area contributed by atoms with E-state index in [9.17, 15) is 4.79 Å². The Bertz CT molecular complexity index is 1370. The third-order valence-electron chi connectivity index (χ3n) is 6.55. The zero-order valence-corrected chi connectivity index (χ0v) is 23.3. The van der Waals surface area contributed by atoms with Gasteiger partial charge in [-0.1, -0.05) is 37.6 Å². The van der Waals surface area contributed by atoms with Crippen LogP contribution in [0.25, 0.3) is 10.9 Å². The highest BCUT2D eigenvalue weighted by atomic mass is 35.5. The average molecular weight is 525 g/mol. The smallest absolute Gasteiger partial charge is 0.311 e. The Morgan fingerprint density at radius 3 is 2.53 bits per heavy atom. The molecule has 0 fully saturated rings. The predicted molar refractivity (Wildman–Crippen MR) is 147 cm³/mol. The highest BCUT2D eigenvalue weighted by Crippen LogP contribution is 2.34. The van der Waals surface area contributed by atoms with Crippen LogP contribution in [-0.2, 0) is 29.1 Å². The van der Waals surface area contributed by atoms with Crippen LogP contribution in [0.2, 0.25) is 5.02 Å². The normalized spacial score (nSPS) is 11.9. The van der Waals surface area contributed by atoms with E-state index in [0.29, 0.717) is 30.5 Å². The largest absolute Gasteiger partial charge is 0.486 e. The van der Waals surface area contributed by atoms with Crippen LogP contribution in [0.3, 0.4) is 0 Å². The molecule has 5 nitrogen and oxygen atoms in total. The van der Waals surface area contributed by atoms with E-state index in [1.165, 1.54) is 7.11 Å². The fraction of sp³-hybridized carbons (Fsp3) is 0.379. The SMILES string of the molecule is COC(=O)C(C)(C)Cc1c(C)c2cc(OCc3nc(C(C)C)cs3)ccc2n1Cc1ccc(Cl)cc1. The van der Waals surface area contributed by atoms with Crippen molar-refractivity contribution in [3.05, 3.63) is 80.4 Å². The summed E-state index contributed by atoms with van der Waals surface area (Å²) in [4.78, 5) is 17.2. The predicted octanol–water partition coefficient (Wildman–Crippen LogP) is 7.55. The van der Waals surface area contributed by atoms with Crippen LogP contribution in [-0.4, -0.2) is 22.6 Å². The first-order chi connectivity index (χ1) is 17.1. The van der Waals surface area contributed by atoms with Crippen LogP contribution < -0.4 is 4.74 Å². The fourth-order valence-corrected chi connectivity index (χ4v) is 5.39. The Labute approximate surface area is 222 Å². The van der Waals surface area contributed by atoms with Gasteiger partial charge in [-0.15, -0.1) is 11.3 Å². The van der Waals surface area contributed by atoms with Crippen molar-refractivity contribution in [2.24, 2.45) is 5.41 Å². The number of fused-ring (bicyclic) bond motifs is 1. The van der Waals surface area contributed by atoms with E-state index in [-0.39, 0.29) is 5.97 Å². The van der Waals surface area contributed by atoms with Gasteiger partial charge in [0.05, 0.1) is 18.2 Å². The molecule has 0 atom stereocenters. The molecule has 0 unspecified atom stereocenters. The molecule has 4 aromatic rings. The minimum atomic E-state index is -0.663. The molecule has 36 heavy (non-hydrogen) atoms. The van der Waals surface area contributed by atoms with E-state index in [1.807, 2.05) is 44.2 Å². The molecule has 0 aliphatic carbocycles. The molecule has 0 spiro atoms. The van der Waals surface area contributed by atoms with Gasteiger partial charge in [-0.2, -0.15) is 0 Å². The van der Waals surface area contributed by atoms with Crippen molar-refractivity contribution in [2.45, 2.75) is 60.1 Å². The van der Waals surface area contributed by atoms with Crippen LogP contribution >= 0.6 is 22.9 Å². The molecule has 0 saturated carbocycles. The number of thiazole rings is 1. The van der Waals surface area contributed by atoms with Gasteiger partial charge in [0.1, 0.15) is 17.4 Å². The monoisotopic (exact) mass is 524 g/mol. The summed E-state index contributed by atoms with van der Waals surface area (Å²) in [6.45, 7) is 11.4. The van der Waals surface area contributed by atoms with Crippen LogP contribution in [0.1, 0.15) is 61.1 Å². The lowest BCUT2D eigenvalue weighted by molar-refractivity contribution is -0.150. The maximum atomic E-state index is 12.5. The number of esters is 1. The molecule has 0 aliphatic rings. The van der Waals surface area contributed by atoms with Crippen molar-refractivity contribution in [3.63, 3.8) is 0 Å². The van der Waals surface area contributed by atoms with Crippen molar-refractivity contribution >= 4 is 39.8 Å². The van der Waals surface area contributed by atoms with Crippen LogP contribution in [0.15, 0.2) is 47.8 Å². The lowest BCUT2D eigenvalue weighted by Gasteiger charge is -2.23. The summed E-state index contributed by atoms with van der Waals surface area (Å²) in [5.41, 5.74) is 4.92. The number of halogens is 1. The number of aryl methyl sites for hydroxylation is 1. The first-order valence-corrected chi connectivity index (χ1v) is 13.4. The molecular formula is C29H33ClN2O3S. The van der Waals surface area contributed by atoms with E-state index in [4.69, 9.17) is 21.1 Å². The van der Waals surface area contributed by atoms with Gasteiger partial charge in [0.25, 0.3) is 0 Å². The maximum absolute atomic E-state index is 12.5. The number of ether oxygens (including phenoxy) is 2. The third-order valence-corrected chi connectivity index (χ3v) is 7.64. The third kappa shape index (κ3) is 5.60. The molecule has 0 saturated heterocycles. The van der Waals surface area contributed by atoms with Gasteiger partial charge in [0.2, 0.25) is 0 Å². The topological polar surface area (TPSA) is 53.4 Å². The van der Waals surface area contributed by atoms with Gasteiger partial charge in [-0.3, -0.25) is 4.79 Å². The van der Waals surface area contributed by atoms with Gasteiger partial charge in [0.15, 0.2) is 0 Å². The average Bonchev–Trinajstić information content (AvgIpc) is 3.43. The van der Waals surface area contributed by atoms with Crippen molar-refractivity contribution in [2.75, 3.05) is 7.11 Å². The van der Waals surface area contributed by atoms with Gasteiger partial charge in [0, 0.05) is 40.0 Å². The van der Waals surface area contributed by atoms with Crippen LogP contribution in [0.4, 0.5) is 0 Å². The lowest BCUT2D eigenvalue weighted by Crippen LogP contribution is -2.29. The van der Waals surface area contributed by atoms with E-state index in [0.717, 1.165) is 44.2 Å². The lowest BCUT2D eigenvalue weighted by atomic mass is 9.86. The van der Waals surface area contributed by atoms with Crippen LogP contribution in [0, 0.1) is 12.3 Å². The number of methoxy groups -OCH3 is 1. The van der Waals surface area contributed by atoms with Crippen molar-refractivity contribution < 1.29 is 14.3 Å². The summed E-state index contributed by atoms with van der Waals surface area (Å²) < 4.78 is 13.5. The number of nitrogens with zero attached hydrogens (tertiary/aromatic N) is 2. The second-order valence-electron chi connectivity index (χ2n) is 10.1. The number of rotatable bonds is 9. The summed E-state index contributed by atoms with van der Waals surface area (Å²) in [5, 5.41) is 4.89. The van der Waals surface area contributed by atoms with E-state index >= 15 is 0 Å². The second kappa shape index (κ2) is 10.7. The summed E-state index contributed by atoms with van der Waals surface area (Å²) in [6.07, 6.45) is 0.557. The summed E-state index contributed by atoms with van der Waals surface area (Å²) in [7, 11) is 1.44. The van der Waals surface area contributed by atoms with Crippen molar-refractivity contribution in [3.8, 4) is 5.75 Å². The zero-order valence-electron chi connectivity index (χ0n) is 21.7. The molecule has 190 valence electrons. The number of benzene rings is 2. The molecule has 4 rings (SSSR count). The number of carbonyl (C=O) groups excluding carboxylic acids is 1. The van der Waals surface area contributed by atoms with E-state index < -0.39 is 5.41 Å². The number of carbonyl (C=O) groups is 1. The number of hydrogen-bond donors (Lipinski definition) is 0. The molecule has 0 aliphatic heterocycles. The molecule has 0 bridgehead atoms. The first-order valence-electron chi connectivity index (χ1n) is 12.1. The highest BCUT2D eigenvalue weighted by molar-refractivity contribution is 7.09. The molecule has 0 amide bonds. The Balaban J connectivity index is 1.70. The summed E-state index contributed by atoms with van der Waals surface area (Å²) in [5.74, 6) is 0.981. The van der Waals surface area contributed by atoms with Gasteiger partial charge in [-0.25, -0.2) is 4.98 Å². The quantitative estimate of drug-likeness (QED) is 0.212. The molecule has 2 aromatic heterocycles. The van der Waals surface area contributed by atoms with Crippen LogP contribution in [0.5, 0.6) is 5.75 Å². The van der Waals surface area contributed by atoms with Gasteiger partial charge in [-0.05, 0) is 68.1 Å². The molecule has 0 N–H and O–H groups in total. The molecule has 2 aromatic carbocycles. The van der Waals surface area contributed by atoms with Gasteiger partial charge >= 0.3 is 5.97 Å². The Kier molecular flexibility index (Phi) is 7.76. The van der Waals surface area contributed by atoms with Crippen molar-refractivity contribution in [1.29, 1.82) is 0 Å². The van der Waals surface area contributed by atoms with E-state index in [2.05, 4.69) is 47.8 Å². The standard InChI is InChI=1S/C29H33ClN2O3S/c1-18(2)24-17-36-27(31-24)16-35-22-11-12-25-23(13-22)19(3)26(14-29(4,5)28(33)34-6)32(25)15-20-7-9-21(30)10-8-20/h7-13,17-18H,14-16H2,1-6H3. The Hall–Kier alpha value is -2.83. The van der Waals surface area contributed by atoms with Gasteiger partial charge < -0.3 is 14.0 Å². The Morgan fingerprint density at radius 2 is 1.89 bits per heavy atom. The summed E-state index contributed by atoms with van der Waals surface area (Å²) >= 11 is 7.75. The minimum Gasteiger partial charge on any atom is -0.486 e. The fourth-order valence-electron chi connectivity index (χ4n) is 4.39. The summed E-state index contributed by atoms with van der Waals surface area (Å²) in [6, 6.07) is 14.1. The highest BCUT2D eigenvalue weighted by Gasteiger charge is 2.32. The number of aromatic nitrogens is 2. The maximum Gasteiger partial charge on any atom is 0.311 e. The Morgan fingerprint density at radius 1 is 1.17 bits per heavy atom.